The number of aromatic nitrogens is 2. The van der Waals surface area contributed by atoms with Gasteiger partial charge < -0.3 is 23.7 Å². The van der Waals surface area contributed by atoms with Crippen molar-refractivity contribution >= 4 is 34.2 Å². The number of benzene rings is 2. The van der Waals surface area contributed by atoms with Gasteiger partial charge in [-0.25, -0.2) is 0 Å². The molecular formula is C22H26Cl2N4O3. The molecule has 2 heterocycles. The van der Waals surface area contributed by atoms with Crippen LogP contribution in [0, 0.1) is 5.41 Å². The minimum Gasteiger partial charge on any atom is -0.489 e. The van der Waals surface area contributed by atoms with Crippen LogP contribution < -0.4 is 10.4 Å². The van der Waals surface area contributed by atoms with Crippen molar-refractivity contribution in [2.45, 2.75) is 19.2 Å². The molecule has 2 aromatic carbocycles. The molecule has 0 bridgehead atoms. The second kappa shape index (κ2) is 10.1. The zero-order valence-corrected chi connectivity index (χ0v) is 18.6. The average Bonchev–Trinajstić information content (AvgIpc) is 3.03. The standard InChI is InChI=1S/C22H26Cl2N4O3/c23-16-5-6-21(18(24)13-16)31-15-17(29)14-28-20-4-2-1-3-19(20)27(22(28)25)8-7-26-9-11-30-12-10-26/h1-6,13,17,25,29H,7-12,14-15H2/t17-/m0/s1. The minimum atomic E-state index is -0.806. The van der Waals surface area contributed by atoms with E-state index in [0.717, 1.165) is 43.9 Å². The van der Waals surface area contributed by atoms with E-state index >= 15 is 0 Å². The molecule has 0 spiro atoms. The van der Waals surface area contributed by atoms with Gasteiger partial charge in [0, 0.05) is 31.2 Å². The van der Waals surface area contributed by atoms with Crippen molar-refractivity contribution in [3.05, 3.63) is 58.1 Å². The second-order valence-corrected chi connectivity index (χ2v) is 8.41. The summed E-state index contributed by atoms with van der Waals surface area (Å²) >= 11 is 12.0. The fourth-order valence-corrected chi connectivity index (χ4v) is 4.28. The molecule has 1 aliphatic heterocycles. The molecule has 0 unspecified atom stereocenters. The number of nitrogens with one attached hydrogen (secondary N) is 1. The Hall–Kier alpha value is -2.03. The number of morpholine rings is 1. The van der Waals surface area contributed by atoms with Crippen LogP contribution in [-0.4, -0.2) is 64.7 Å². The summed E-state index contributed by atoms with van der Waals surface area (Å²) in [4.78, 5) is 2.35. The molecule has 0 amide bonds. The summed E-state index contributed by atoms with van der Waals surface area (Å²) in [6.45, 7) is 5.20. The average molecular weight is 465 g/mol. The maximum Gasteiger partial charge on any atom is 0.203 e. The molecule has 0 aliphatic carbocycles. The minimum absolute atomic E-state index is 0.0566. The smallest absolute Gasteiger partial charge is 0.203 e. The molecule has 31 heavy (non-hydrogen) atoms. The van der Waals surface area contributed by atoms with Crippen molar-refractivity contribution in [1.82, 2.24) is 14.0 Å². The quantitative estimate of drug-likeness (QED) is 0.537. The largest absolute Gasteiger partial charge is 0.489 e. The van der Waals surface area contributed by atoms with E-state index < -0.39 is 6.10 Å². The van der Waals surface area contributed by atoms with Gasteiger partial charge in [-0.3, -0.25) is 10.3 Å². The first-order valence-electron chi connectivity index (χ1n) is 10.3. The Morgan fingerprint density at radius 3 is 2.45 bits per heavy atom. The highest BCUT2D eigenvalue weighted by Gasteiger charge is 2.16. The third kappa shape index (κ3) is 5.25. The molecule has 0 saturated carbocycles. The zero-order chi connectivity index (χ0) is 21.8. The van der Waals surface area contributed by atoms with Gasteiger partial charge in [-0.2, -0.15) is 0 Å². The topological polar surface area (TPSA) is 75.6 Å². The fraction of sp³-hybridized carbons (Fsp3) is 0.409. The van der Waals surface area contributed by atoms with Crippen LogP contribution in [0.4, 0.5) is 0 Å². The van der Waals surface area contributed by atoms with Gasteiger partial charge in [0.2, 0.25) is 5.62 Å². The van der Waals surface area contributed by atoms with Gasteiger partial charge in [0.05, 0.1) is 35.8 Å². The van der Waals surface area contributed by atoms with E-state index in [9.17, 15) is 5.11 Å². The predicted molar refractivity (Wildman–Crippen MR) is 121 cm³/mol. The summed E-state index contributed by atoms with van der Waals surface area (Å²) in [5.74, 6) is 0.467. The number of aliphatic hydroxyl groups excluding tert-OH is 1. The van der Waals surface area contributed by atoms with Crippen molar-refractivity contribution < 1.29 is 14.6 Å². The van der Waals surface area contributed by atoms with Crippen LogP contribution in [0.1, 0.15) is 0 Å². The van der Waals surface area contributed by atoms with Gasteiger partial charge >= 0.3 is 0 Å². The van der Waals surface area contributed by atoms with Crippen LogP contribution in [0.5, 0.6) is 5.75 Å². The summed E-state index contributed by atoms with van der Waals surface area (Å²) in [6.07, 6.45) is -0.806. The van der Waals surface area contributed by atoms with E-state index in [0.29, 0.717) is 28.0 Å². The molecular weight excluding hydrogens is 439 g/mol. The second-order valence-electron chi connectivity index (χ2n) is 7.57. The third-order valence-electron chi connectivity index (χ3n) is 5.44. The predicted octanol–water partition coefficient (Wildman–Crippen LogP) is 3.00. The van der Waals surface area contributed by atoms with E-state index in [1.807, 2.05) is 33.4 Å². The Bertz CT molecular complexity index is 1090. The lowest BCUT2D eigenvalue weighted by Gasteiger charge is -2.26. The van der Waals surface area contributed by atoms with Gasteiger partial charge in [-0.05, 0) is 30.3 Å². The van der Waals surface area contributed by atoms with Crippen LogP contribution in [0.3, 0.4) is 0 Å². The number of ether oxygens (including phenoxy) is 2. The number of para-hydroxylation sites is 2. The Morgan fingerprint density at radius 1 is 1.03 bits per heavy atom. The Morgan fingerprint density at radius 2 is 1.74 bits per heavy atom. The molecule has 1 saturated heterocycles. The molecule has 2 N–H and O–H groups in total. The molecule has 1 atom stereocenters. The van der Waals surface area contributed by atoms with Crippen molar-refractivity contribution in [2.75, 3.05) is 39.5 Å². The molecule has 1 aromatic heterocycles. The molecule has 166 valence electrons. The van der Waals surface area contributed by atoms with Gasteiger partial charge in [0.1, 0.15) is 18.5 Å². The van der Waals surface area contributed by atoms with E-state index in [-0.39, 0.29) is 13.2 Å². The highest BCUT2D eigenvalue weighted by Crippen LogP contribution is 2.27. The third-order valence-corrected chi connectivity index (χ3v) is 5.97. The van der Waals surface area contributed by atoms with Gasteiger partial charge in [0.25, 0.3) is 0 Å². The van der Waals surface area contributed by atoms with Gasteiger partial charge in [-0.1, -0.05) is 35.3 Å². The summed E-state index contributed by atoms with van der Waals surface area (Å²) in [5.41, 5.74) is 2.26. The molecule has 7 nitrogen and oxygen atoms in total. The summed E-state index contributed by atoms with van der Waals surface area (Å²) in [7, 11) is 0. The van der Waals surface area contributed by atoms with Crippen LogP contribution in [0.2, 0.25) is 10.0 Å². The number of halogens is 2. The molecule has 1 fully saturated rings. The number of nitrogens with zero attached hydrogens (tertiary/aromatic N) is 3. The lowest BCUT2D eigenvalue weighted by Crippen LogP contribution is -2.39. The monoisotopic (exact) mass is 464 g/mol. The first-order chi connectivity index (χ1) is 15.0. The van der Waals surface area contributed by atoms with E-state index in [1.54, 1.807) is 18.2 Å². The number of imidazole rings is 1. The molecule has 1 aliphatic rings. The molecule has 3 aromatic rings. The van der Waals surface area contributed by atoms with Crippen molar-refractivity contribution in [3.63, 3.8) is 0 Å². The van der Waals surface area contributed by atoms with Crippen LogP contribution in [0.15, 0.2) is 42.5 Å². The maximum absolute atomic E-state index is 10.6. The van der Waals surface area contributed by atoms with Crippen LogP contribution in [-0.2, 0) is 17.8 Å². The van der Waals surface area contributed by atoms with E-state index in [4.69, 9.17) is 38.1 Å². The zero-order valence-electron chi connectivity index (χ0n) is 17.1. The fourth-order valence-electron chi connectivity index (χ4n) is 3.81. The van der Waals surface area contributed by atoms with Crippen molar-refractivity contribution in [1.29, 1.82) is 5.41 Å². The van der Waals surface area contributed by atoms with E-state index in [2.05, 4.69) is 4.90 Å². The normalized spacial score (nSPS) is 16.0. The van der Waals surface area contributed by atoms with Crippen molar-refractivity contribution in [3.8, 4) is 5.75 Å². The maximum atomic E-state index is 10.6. The molecule has 0 radical (unpaired) electrons. The number of fused-ring (bicyclic) bond motifs is 1. The van der Waals surface area contributed by atoms with E-state index in [1.165, 1.54) is 0 Å². The number of aliphatic hydroxyl groups is 1. The number of hydrogen-bond donors (Lipinski definition) is 2. The number of hydrogen-bond acceptors (Lipinski definition) is 5. The highest BCUT2D eigenvalue weighted by molar-refractivity contribution is 6.35. The lowest BCUT2D eigenvalue weighted by molar-refractivity contribution is 0.0363. The van der Waals surface area contributed by atoms with Gasteiger partial charge in [-0.15, -0.1) is 0 Å². The first-order valence-corrected chi connectivity index (χ1v) is 11.1. The summed E-state index contributed by atoms with van der Waals surface area (Å²) in [6, 6.07) is 12.9. The van der Waals surface area contributed by atoms with Gasteiger partial charge in [0.15, 0.2) is 0 Å². The first kappa shape index (κ1) is 22.2. The summed E-state index contributed by atoms with van der Waals surface area (Å²) < 4.78 is 14.9. The van der Waals surface area contributed by atoms with Crippen LogP contribution >= 0.6 is 23.2 Å². The van der Waals surface area contributed by atoms with Crippen molar-refractivity contribution in [2.24, 2.45) is 0 Å². The Kier molecular flexibility index (Phi) is 7.20. The SMILES string of the molecule is N=c1n(CCN2CCOCC2)c2ccccc2n1C[C@H](O)COc1ccc(Cl)cc1Cl. The molecule has 4 rings (SSSR count). The Balaban J connectivity index is 1.47. The number of rotatable bonds is 8. The van der Waals surface area contributed by atoms with Crippen LogP contribution in [0.25, 0.3) is 11.0 Å². The highest BCUT2D eigenvalue weighted by atomic mass is 35.5. The summed E-state index contributed by atoms with van der Waals surface area (Å²) in [5, 5.41) is 20.3. The molecule has 9 heteroatoms. The Labute approximate surface area is 190 Å². The lowest BCUT2D eigenvalue weighted by atomic mass is 10.3.